The number of benzene rings is 3. The summed E-state index contributed by atoms with van der Waals surface area (Å²) in [5, 5.41) is -0.657. The summed E-state index contributed by atoms with van der Waals surface area (Å²) < 4.78 is 56.5. The van der Waals surface area contributed by atoms with Crippen molar-refractivity contribution in [1.29, 1.82) is 0 Å². The summed E-state index contributed by atoms with van der Waals surface area (Å²) in [6, 6.07) is 29.0. The molecule has 0 unspecified atom stereocenters. The minimum absolute atomic E-state index is 0.0519. The van der Waals surface area contributed by atoms with Crippen molar-refractivity contribution in [2.75, 3.05) is 18.4 Å². The molecule has 0 spiro atoms. The largest absolute Gasteiger partial charge is 0.413 e. The highest BCUT2D eigenvalue weighted by atomic mass is 35.5. The molecule has 0 saturated carbocycles. The van der Waals surface area contributed by atoms with Gasteiger partial charge in [0.2, 0.25) is 0 Å². The molecule has 3 aromatic rings. The average molecular weight is 675 g/mol. The van der Waals surface area contributed by atoms with Crippen LogP contribution < -0.4 is 0 Å². The zero-order valence-electron chi connectivity index (χ0n) is 26.9. The second kappa shape index (κ2) is 18.1. The highest BCUT2D eigenvalue weighted by Gasteiger charge is 2.37. The van der Waals surface area contributed by atoms with Crippen LogP contribution in [-0.4, -0.2) is 53.5 Å². The zero-order chi connectivity index (χ0) is 32.8. The SMILES string of the molecule is CC(C)(C)[Si](C)(C)OC/C=C/[C@@H](OCc1ccccc1)[C@H](OCc1ccccc1)[C@@H](COCc1ccccc1)OS(=O)(=O)CCl. The van der Waals surface area contributed by atoms with Crippen LogP contribution in [0.15, 0.2) is 103 Å². The number of halogens is 1. The van der Waals surface area contributed by atoms with Gasteiger partial charge in [0.1, 0.15) is 23.5 Å². The maximum Gasteiger partial charge on any atom is 0.281 e. The van der Waals surface area contributed by atoms with Gasteiger partial charge in [-0.1, -0.05) is 124 Å². The highest BCUT2D eigenvalue weighted by molar-refractivity contribution is 7.87. The van der Waals surface area contributed by atoms with Gasteiger partial charge in [-0.15, -0.1) is 11.6 Å². The average Bonchev–Trinajstić information content (AvgIpc) is 3.02. The van der Waals surface area contributed by atoms with Crippen LogP contribution in [0.2, 0.25) is 18.1 Å². The summed E-state index contributed by atoms with van der Waals surface area (Å²) in [6.45, 7) is 12.0. The smallest absolute Gasteiger partial charge is 0.281 e. The molecule has 7 nitrogen and oxygen atoms in total. The van der Waals surface area contributed by atoms with Crippen molar-refractivity contribution >= 4 is 30.0 Å². The number of alkyl halides is 1. The summed E-state index contributed by atoms with van der Waals surface area (Å²) >= 11 is 5.79. The Morgan fingerprint density at radius 3 is 1.76 bits per heavy atom. The van der Waals surface area contributed by atoms with E-state index in [1.165, 1.54) is 0 Å². The maximum absolute atomic E-state index is 12.7. The Morgan fingerprint density at radius 2 is 1.27 bits per heavy atom. The van der Waals surface area contributed by atoms with Gasteiger partial charge in [-0.3, -0.25) is 4.18 Å². The lowest BCUT2D eigenvalue weighted by Crippen LogP contribution is -2.45. The van der Waals surface area contributed by atoms with Gasteiger partial charge < -0.3 is 18.6 Å². The molecule has 3 rings (SSSR count). The van der Waals surface area contributed by atoms with Gasteiger partial charge in [-0.25, -0.2) is 0 Å². The summed E-state index contributed by atoms with van der Waals surface area (Å²) in [4.78, 5) is 0. The Hall–Kier alpha value is -2.34. The van der Waals surface area contributed by atoms with Crippen LogP contribution in [0.5, 0.6) is 0 Å². The molecule has 0 N–H and O–H groups in total. The molecule has 45 heavy (non-hydrogen) atoms. The molecule has 3 atom stereocenters. The van der Waals surface area contributed by atoms with Crippen molar-refractivity contribution < 1.29 is 31.2 Å². The first kappa shape index (κ1) is 37.1. The Balaban J connectivity index is 1.94. The molecule has 0 aromatic heterocycles. The minimum atomic E-state index is -4.10. The van der Waals surface area contributed by atoms with E-state index in [0.717, 1.165) is 16.7 Å². The van der Waals surface area contributed by atoms with Crippen LogP contribution in [0.3, 0.4) is 0 Å². The fraction of sp³-hybridized carbons (Fsp3) is 0.429. The van der Waals surface area contributed by atoms with Crippen molar-refractivity contribution in [3.8, 4) is 0 Å². The van der Waals surface area contributed by atoms with E-state index in [9.17, 15) is 8.42 Å². The van der Waals surface area contributed by atoms with Crippen molar-refractivity contribution in [2.24, 2.45) is 0 Å². The lowest BCUT2D eigenvalue weighted by atomic mass is 10.1. The van der Waals surface area contributed by atoms with Gasteiger partial charge in [0, 0.05) is 0 Å². The molecule has 0 fully saturated rings. The van der Waals surface area contributed by atoms with E-state index in [-0.39, 0.29) is 31.5 Å². The van der Waals surface area contributed by atoms with Crippen LogP contribution in [0, 0.1) is 0 Å². The second-order valence-electron chi connectivity index (χ2n) is 12.3. The minimum Gasteiger partial charge on any atom is -0.413 e. The van der Waals surface area contributed by atoms with E-state index in [4.69, 9.17) is 34.4 Å². The van der Waals surface area contributed by atoms with Crippen molar-refractivity contribution in [1.82, 2.24) is 0 Å². The lowest BCUT2D eigenvalue weighted by molar-refractivity contribution is -0.124. The fourth-order valence-corrected chi connectivity index (χ4v) is 5.82. The molecule has 0 aliphatic carbocycles. The zero-order valence-corrected chi connectivity index (χ0v) is 29.5. The number of hydrogen-bond acceptors (Lipinski definition) is 7. The summed E-state index contributed by atoms with van der Waals surface area (Å²) in [5.41, 5.74) is 2.82. The molecule has 3 aromatic carbocycles. The molecule has 0 amide bonds. The number of hydrogen-bond donors (Lipinski definition) is 0. The molecule has 0 aliphatic rings. The van der Waals surface area contributed by atoms with Crippen LogP contribution in [0.1, 0.15) is 37.5 Å². The van der Waals surface area contributed by atoms with Crippen LogP contribution in [0.25, 0.3) is 0 Å². The third-order valence-electron chi connectivity index (χ3n) is 7.73. The van der Waals surface area contributed by atoms with Crippen molar-refractivity contribution in [3.63, 3.8) is 0 Å². The van der Waals surface area contributed by atoms with Crippen molar-refractivity contribution in [2.45, 2.75) is 77.0 Å². The molecule has 0 heterocycles. The lowest BCUT2D eigenvalue weighted by Gasteiger charge is -2.36. The molecule has 246 valence electrons. The van der Waals surface area contributed by atoms with Crippen LogP contribution in [-0.2, 0) is 52.8 Å². The van der Waals surface area contributed by atoms with E-state index >= 15 is 0 Å². The van der Waals surface area contributed by atoms with Gasteiger partial charge in [0.25, 0.3) is 10.1 Å². The van der Waals surface area contributed by atoms with Gasteiger partial charge >= 0.3 is 0 Å². The number of rotatable bonds is 19. The third-order valence-corrected chi connectivity index (χ3v) is 13.8. The predicted molar refractivity (Wildman–Crippen MR) is 183 cm³/mol. The monoisotopic (exact) mass is 674 g/mol. The van der Waals surface area contributed by atoms with Gasteiger partial charge in [-0.2, -0.15) is 8.42 Å². The first-order valence-electron chi connectivity index (χ1n) is 15.1. The van der Waals surface area contributed by atoms with Gasteiger partial charge in [0.15, 0.2) is 8.32 Å². The standard InChI is InChI=1S/C35H47ClO7SSi/c1-35(2,3)45(4,5)42-23-15-22-32(40-25-30-18-11-7-12-19-30)34(41-26-31-20-13-8-14-21-31)33(43-44(37,38)28-36)27-39-24-29-16-9-6-10-17-29/h6-22,32-34H,23-28H2,1-5H3/b22-15+/t32-,33-,34+/m1/s1. The third kappa shape index (κ3) is 13.1. The molecule has 0 aliphatic heterocycles. The summed E-state index contributed by atoms with van der Waals surface area (Å²) in [7, 11) is -6.10. The van der Waals surface area contributed by atoms with E-state index in [1.54, 1.807) is 0 Å². The normalized spacial score (nSPS) is 14.8. The van der Waals surface area contributed by atoms with E-state index in [2.05, 4.69) is 33.9 Å². The van der Waals surface area contributed by atoms with Gasteiger partial charge in [0.05, 0.1) is 33.0 Å². The molecule has 10 heteroatoms. The van der Waals surface area contributed by atoms with Gasteiger partial charge in [-0.05, 0) is 34.8 Å². The van der Waals surface area contributed by atoms with Crippen molar-refractivity contribution in [3.05, 3.63) is 120 Å². The van der Waals surface area contributed by atoms with E-state index in [0.29, 0.717) is 6.61 Å². The maximum atomic E-state index is 12.7. The first-order chi connectivity index (χ1) is 21.4. The molecule has 0 saturated heterocycles. The summed E-state index contributed by atoms with van der Waals surface area (Å²) in [6.07, 6.45) is 1.12. The van der Waals surface area contributed by atoms with Crippen LogP contribution >= 0.6 is 11.6 Å². The Kier molecular flexibility index (Phi) is 14.9. The quantitative estimate of drug-likeness (QED) is 0.0554. The highest BCUT2D eigenvalue weighted by Crippen LogP contribution is 2.36. The van der Waals surface area contributed by atoms with E-state index in [1.807, 2.05) is 103 Å². The molecular weight excluding hydrogens is 628 g/mol. The number of ether oxygens (including phenoxy) is 3. The van der Waals surface area contributed by atoms with Crippen LogP contribution in [0.4, 0.5) is 0 Å². The predicted octanol–water partition coefficient (Wildman–Crippen LogP) is 7.86. The van der Waals surface area contributed by atoms with E-state index < -0.39 is 42.0 Å². The molecule has 0 radical (unpaired) electrons. The Morgan fingerprint density at radius 1 is 0.778 bits per heavy atom. The second-order valence-corrected chi connectivity index (χ2v) is 19.3. The Bertz CT molecular complexity index is 1380. The fourth-order valence-electron chi connectivity index (χ4n) is 4.13. The molecular formula is C35H47ClO7SSi. The molecule has 0 bridgehead atoms. The Labute approximate surface area is 275 Å². The first-order valence-corrected chi connectivity index (χ1v) is 20.1. The topological polar surface area (TPSA) is 80.3 Å². The summed E-state index contributed by atoms with van der Waals surface area (Å²) in [5.74, 6) is 0.